The summed E-state index contributed by atoms with van der Waals surface area (Å²) in [5.41, 5.74) is 2.25. The molecule has 1 saturated heterocycles. The smallest absolute Gasteiger partial charge is 0.224 e. The standard InChI is InChI=1S/C18H28N2O2/c1-15-6-4-7-16(12-15)13-18(22)19-9-5-11-20-10-3-2-8-17(20)14-21/h4,6-7,12,17,21H,2-3,5,8-11,13-14H2,1H3,(H,19,22). The number of nitrogens with one attached hydrogen (secondary N) is 1. The largest absolute Gasteiger partial charge is 0.395 e. The topological polar surface area (TPSA) is 52.6 Å². The number of carbonyl (C=O) groups is 1. The molecule has 122 valence electrons. The molecule has 1 aromatic carbocycles. The molecule has 0 aliphatic carbocycles. The van der Waals surface area contributed by atoms with Crippen molar-refractivity contribution in [1.29, 1.82) is 0 Å². The highest BCUT2D eigenvalue weighted by Gasteiger charge is 2.20. The summed E-state index contributed by atoms with van der Waals surface area (Å²) in [6.07, 6.45) is 4.92. The van der Waals surface area contributed by atoms with Crippen molar-refractivity contribution in [2.45, 2.75) is 45.1 Å². The first-order valence-corrected chi connectivity index (χ1v) is 8.36. The van der Waals surface area contributed by atoms with Crippen molar-refractivity contribution in [2.24, 2.45) is 0 Å². The van der Waals surface area contributed by atoms with Gasteiger partial charge in [-0.05, 0) is 38.3 Å². The van der Waals surface area contributed by atoms with Crippen LogP contribution in [0, 0.1) is 6.92 Å². The molecule has 22 heavy (non-hydrogen) atoms. The van der Waals surface area contributed by atoms with Crippen LogP contribution in [0.15, 0.2) is 24.3 Å². The first-order chi connectivity index (χ1) is 10.7. The molecule has 1 aliphatic heterocycles. The number of nitrogens with zero attached hydrogens (tertiary/aromatic N) is 1. The summed E-state index contributed by atoms with van der Waals surface area (Å²) in [5.74, 6) is 0.0861. The minimum atomic E-state index is 0.0861. The van der Waals surface area contributed by atoms with Gasteiger partial charge in [0.05, 0.1) is 13.0 Å². The molecule has 4 heteroatoms. The number of carbonyl (C=O) groups excluding carboxylic acids is 1. The van der Waals surface area contributed by atoms with Gasteiger partial charge in [-0.1, -0.05) is 36.2 Å². The average molecular weight is 304 g/mol. The Morgan fingerprint density at radius 3 is 3.05 bits per heavy atom. The maximum absolute atomic E-state index is 11.9. The molecule has 1 heterocycles. The highest BCUT2D eigenvalue weighted by molar-refractivity contribution is 5.78. The molecule has 1 aliphatic rings. The minimum absolute atomic E-state index is 0.0861. The lowest BCUT2D eigenvalue weighted by atomic mass is 10.0. The lowest BCUT2D eigenvalue weighted by molar-refractivity contribution is -0.120. The summed E-state index contributed by atoms with van der Waals surface area (Å²) < 4.78 is 0. The maximum atomic E-state index is 11.9. The molecule has 2 rings (SSSR count). The van der Waals surface area contributed by atoms with Crippen LogP contribution in [0.4, 0.5) is 0 Å². The summed E-state index contributed by atoms with van der Waals surface area (Å²) in [7, 11) is 0. The second-order valence-electron chi connectivity index (χ2n) is 6.24. The van der Waals surface area contributed by atoms with Crippen molar-refractivity contribution < 1.29 is 9.90 Å². The maximum Gasteiger partial charge on any atom is 0.224 e. The van der Waals surface area contributed by atoms with Crippen molar-refractivity contribution in [2.75, 3.05) is 26.2 Å². The first kappa shape index (κ1) is 17.0. The lowest BCUT2D eigenvalue weighted by Crippen LogP contribution is -2.43. The lowest BCUT2D eigenvalue weighted by Gasteiger charge is -2.34. The number of rotatable bonds is 7. The minimum Gasteiger partial charge on any atom is -0.395 e. The Kier molecular flexibility index (Phi) is 6.87. The van der Waals surface area contributed by atoms with E-state index in [0.717, 1.165) is 31.5 Å². The normalized spacial score (nSPS) is 19.1. The van der Waals surface area contributed by atoms with Crippen molar-refractivity contribution in [3.05, 3.63) is 35.4 Å². The molecule has 1 fully saturated rings. The van der Waals surface area contributed by atoms with E-state index >= 15 is 0 Å². The zero-order valence-electron chi connectivity index (χ0n) is 13.6. The van der Waals surface area contributed by atoms with Gasteiger partial charge in [-0.25, -0.2) is 0 Å². The Morgan fingerprint density at radius 2 is 2.27 bits per heavy atom. The Bertz CT molecular complexity index is 476. The number of aliphatic hydroxyl groups excluding tert-OH is 1. The fraction of sp³-hybridized carbons (Fsp3) is 0.611. The molecule has 1 aromatic rings. The van der Waals surface area contributed by atoms with Gasteiger partial charge >= 0.3 is 0 Å². The molecule has 1 amide bonds. The third-order valence-electron chi connectivity index (χ3n) is 4.35. The van der Waals surface area contributed by atoms with E-state index in [4.69, 9.17) is 0 Å². The highest BCUT2D eigenvalue weighted by atomic mass is 16.3. The highest BCUT2D eigenvalue weighted by Crippen LogP contribution is 2.16. The summed E-state index contributed by atoms with van der Waals surface area (Å²) in [6, 6.07) is 8.39. The van der Waals surface area contributed by atoms with Gasteiger partial charge in [-0.2, -0.15) is 0 Å². The van der Waals surface area contributed by atoms with E-state index in [-0.39, 0.29) is 12.5 Å². The Labute approximate surface area is 133 Å². The fourth-order valence-corrected chi connectivity index (χ4v) is 3.14. The van der Waals surface area contributed by atoms with E-state index in [1.165, 1.54) is 18.4 Å². The van der Waals surface area contributed by atoms with E-state index < -0.39 is 0 Å². The fourth-order valence-electron chi connectivity index (χ4n) is 3.14. The van der Waals surface area contributed by atoms with Crippen LogP contribution in [0.2, 0.25) is 0 Å². The van der Waals surface area contributed by atoms with Gasteiger partial charge in [0, 0.05) is 19.1 Å². The SMILES string of the molecule is Cc1cccc(CC(=O)NCCCN2CCCCC2CO)c1. The Morgan fingerprint density at radius 1 is 1.41 bits per heavy atom. The van der Waals surface area contributed by atoms with Crippen molar-refractivity contribution in [3.8, 4) is 0 Å². The molecule has 2 N–H and O–H groups in total. The monoisotopic (exact) mass is 304 g/mol. The van der Waals surface area contributed by atoms with Crippen LogP contribution in [0.5, 0.6) is 0 Å². The third kappa shape index (κ3) is 5.43. The molecule has 0 radical (unpaired) electrons. The van der Waals surface area contributed by atoms with Crippen LogP contribution < -0.4 is 5.32 Å². The second kappa shape index (κ2) is 8.91. The summed E-state index contributed by atoms with van der Waals surface area (Å²) >= 11 is 0. The molecule has 0 aromatic heterocycles. The summed E-state index contributed by atoms with van der Waals surface area (Å²) in [6.45, 7) is 5.02. The van der Waals surface area contributed by atoms with Crippen LogP contribution in [0.25, 0.3) is 0 Å². The van der Waals surface area contributed by atoms with Gasteiger partial charge in [0.15, 0.2) is 0 Å². The number of piperidine rings is 1. The van der Waals surface area contributed by atoms with Crippen LogP contribution in [-0.4, -0.2) is 48.2 Å². The van der Waals surface area contributed by atoms with Gasteiger partial charge < -0.3 is 10.4 Å². The summed E-state index contributed by atoms with van der Waals surface area (Å²) in [4.78, 5) is 14.3. The predicted octanol–water partition coefficient (Wildman–Crippen LogP) is 1.89. The van der Waals surface area contributed by atoms with E-state index in [1.807, 2.05) is 25.1 Å². The van der Waals surface area contributed by atoms with Gasteiger partial charge in [-0.15, -0.1) is 0 Å². The van der Waals surface area contributed by atoms with E-state index in [1.54, 1.807) is 0 Å². The number of likely N-dealkylation sites (tertiary alicyclic amines) is 1. The number of hydrogen-bond acceptors (Lipinski definition) is 3. The van der Waals surface area contributed by atoms with Gasteiger partial charge in [0.1, 0.15) is 0 Å². The van der Waals surface area contributed by atoms with E-state index in [2.05, 4.69) is 16.3 Å². The van der Waals surface area contributed by atoms with Crippen molar-refractivity contribution in [1.82, 2.24) is 10.2 Å². The molecule has 1 unspecified atom stereocenters. The number of amides is 1. The first-order valence-electron chi connectivity index (χ1n) is 8.36. The third-order valence-corrected chi connectivity index (χ3v) is 4.35. The van der Waals surface area contributed by atoms with Gasteiger partial charge in [-0.3, -0.25) is 9.69 Å². The zero-order chi connectivity index (χ0) is 15.8. The van der Waals surface area contributed by atoms with E-state index in [0.29, 0.717) is 19.0 Å². The molecule has 4 nitrogen and oxygen atoms in total. The predicted molar refractivity (Wildman–Crippen MR) is 88.8 cm³/mol. The van der Waals surface area contributed by atoms with Gasteiger partial charge in [0.25, 0.3) is 0 Å². The molecular formula is C18H28N2O2. The average Bonchev–Trinajstić information content (AvgIpc) is 2.52. The number of aryl methyl sites for hydroxylation is 1. The molecular weight excluding hydrogens is 276 g/mol. The summed E-state index contributed by atoms with van der Waals surface area (Å²) in [5, 5.41) is 12.4. The number of aliphatic hydroxyl groups is 1. The van der Waals surface area contributed by atoms with Crippen LogP contribution in [-0.2, 0) is 11.2 Å². The van der Waals surface area contributed by atoms with Crippen molar-refractivity contribution in [3.63, 3.8) is 0 Å². The van der Waals surface area contributed by atoms with Crippen LogP contribution >= 0.6 is 0 Å². The quantitative estimate of drug-likeness (QED) is 0.756. The molecule has 1 atom stereocenters. The molecule has 0 bridgehead atoms. The molecule has 0 spiro atoms. The Hall–Kier alpha value is -1.39. The Balaban J connectivity index is 1.64. The number of benzene rings is 1. The van der Waals surface area contributed by atoms with Gasteiger partial charge in [0.2, 0.25) is 5.91 Å². The van der Waals surface area contributed by atoms with Crippen LogP contribution in [0.1, 0.15) is 36.8 Å². The van der Waals surface area contributed by atoms with Crippen molar-refractivity contribution >= 4 is 5.91 Å². The second-order valence-corrected chi connectivity index (χ2v) is 6.24. The zero-order valence-corrected chi connectivity index (χ0v) is 13.6. The number of hydrogen-bond donors (Lipinski definition) is 2. The van der Waals surface area contributed by atoms with E-state index in [9.17, 15) is 9.90 Å². The van der Waals surface area contributed by atoms with Crippen LogP contribution in [0.3, 0.4) is 0 Å². The molecule has 0 saturated carbocycles.